The Labute approximate surface area is 145 Å². The fraction of sp³-hybridized carbons (Fsp3) is 0.400. The molecule has 1 aromatic carbocycles. The number of nitrogens with one attached hydrogen (secondary N) is 2. The molecule has 0 atom stereocenters. The summed E-state index contributed by atoms with van der Waals surface area (Å²) in [4.78, 5) is 36.2. The number of halogens is 1. The van der Waals surface area contributed by atoms with Gasteiger partial charge in [0.2, 0.25) is 11.8 Å². The van der Waals surface area contributed by atoms with E-state index in [9.17, 15) is 14.4 Å². The smallest absolute Gasteiger partial charge is 0.413 e. The van der Waals surface area contributed by atoms with E-state index in [4.69, 9.17) is 16.3 Å². The van der Waals surface area contributed by atoms with E-state index in [1.165, 1.54) is 12.0 Å². The van der Waals surface area contributed by atoms with Gasteiger partial charge < -0.3 is 14.8 Å². The third-order valence-corrected chi connectivity index (χ3v) is 3.01. The second-order valence-electron chi connectivity index (χ2n) is 4.83. The molecule has 3 amide bonds. The van der Waals surface area contributed by atoms with Crippen LogP contribution in [0.25, 0.3) is 0 Å². The molecule has 24 heavy (non-hydrogen) atoms. The molecule has 0 radical (unpaired) electrons. The Morgan fingerprint density at radius 2 is 1.88 bits per heavy atom. The molecule has 0 aliphatic heterocycles. The maximum absolute atomic E-state index is 12.0. The SMILES string of the molecule is CCOC(=O)NC(=O)CN(C)CC(=O)Nc1cc(Cl)ccc1OC. The van der Waals surface area contributed by atoms with E-state index in [1.54, 1.807) is 32.2 Å². The minimum absolute atomic E-state index is 0.0636. The fourth-order valence-electron chi connectivity index (χ4n) is 1.83. The molecule has 2 N–H and O–H groups in total. The van der Waals surface area contributed by atoms with Gasteiger partial charge in [0, 0.05) is 5.02 Å². The zero-order chi connectivity index (χ0) is 18.1. The van der Waals surface area contributed by atoms with Crippen LogP contribution in [0.4, 0.5) is 10.5 Å². The topological polar surface area (TPSA) is 97.0 Å². The van der Waals surface area contributed by atoms with Crippen molar-refractivity contribution >= 4 is 35.2 Å². The van der Waals surface area contributed by atoms with Gasteiger partial charge in [0.25, 0.3) is 0 Å². The van der Waals surface area contributed by atoms with Crippen LogP contribution in [-0.4, -0.2) is 56.7 Å². The lowest BCUT2D eigenvalue weighted by molar-refractivity contribution is -0.122. The second kappa shape index (κ2) is 9.74. The summed E-state index contributed by atoms with van der Waals surface area (Å²) in [7, 11) is 3.05. The van der Waals surface area contributed by atoms with Crippen molar-refractivity contribution in [2.24, 2.45) is 0 Å². The van der Waals surface area contributed by atoms with Gasteiger partial charge in [-0.2, -0.15) is 0 Å². The Kier molecular flexibility index (Phi) is 8.00. The molecule has 0 fully saturated rings. The lowest BCUT2D eigenvalue weighted by atomic mass is 10.3. The van der Waals surface area contributed by atoms with Crippen LogP contribution in [0.3, 0.4) is 0 Å². The molecule has 0 aliphatic carbocycles. The molecular formula is C15H20ClN3O5. The molecule has 0 bridgehead atoms. The van der Waals surface area contributed by atoms with Crippen LogP contribution in [0, 0.1) is 0 Å². The van der Waals surface area contributed by atoms with Gasteiger partial charge in [0.15, 0.2) is 0 Å². The maximum Gasteiger partial charge on any atom is 0.413 e. The Morgan fingerprint density at radius 3 is 2.50 bits per heavy atom. The van der Waals surface area contributed by atoms with Crippen molar-refractivity contribution in [3.63, 3.8) is 0 Å². The number of anilines is 1. The summed E-state index contributed by atoms with van der Waals surface area (Å²) in [5, 5.41) is 5.16. The van der Waals surface area contributed by atoms with Crippen molar-refractivity contribution in [1.29, 1.82) is 0 Å². The lowest BCUT2D eigenvalue weighted by Gasteiger charge is -2.16. The second-order valence-corrected chi connectivity index (χ2v) is 5.27. The summed E-state index contributed by atoms with van der Waals surface area (Å²) in [5.41, 5.74) is 0.430. The van der Waals surface area contributed by atoms with Crippen LogP contribution in [0.15, 0.2) is 18.2 Å². The molecule has 8 nitrogen and oxygen atoms in total. The average Bonchev–Trinajstić information content (AvgIpc) is 2.46. The van der Waals surface area contributed by atoms with E-state index >= 15 is 0 Å². The van der Waals surface area contributed by atoms with Crippen molar-refractivity contribution in [1.82, 2.24) is 10.2 Å². The van der Waals surface area contributed by atoms with Crippen LogP contribution in [0.1, 0.15) is 6.92 Å². The number of imide groups is 1. The molecule has 0 spiro atoms. The molecule has 0 aliphatic rings. The highest BCUT2D eigenvalue weighted by atomic mass is 35.5. The summed E-state index contributed by atoms with van der Waals surface area (Å²) >= 11 is 5.89. The van der Waals surface area contributed by atoms with Crippen LogP contribution >= 0.6 is 11.6 Å². The average molecular weight is 358 g/mol. The summed E-state index contributed by atoms with van der Waals surface area (Å²) in [5.74, 6) is -0.457. The zero-order valence-corrected chi connectivity index (χ0v) is 14.5. The van der Waals surface area contributed by atoms with Crippen molar-refractivity contribution in [3.05, 3.63) is 23.2 Å². The minimum Gasteiger partial charge on any atom is -0.495 e. The molecule has 9 heteroatoms. The van der Waals surface area contributed by atoms with E-state index in [1.807, 2.05) is 5.32 Å². The Balaban J connectivity index is 2.51. The van der Waals surface area contributed by atoms with Gasteiger partial charge in [0.1, 0.15) is 5.75 Å². The normalized spacial score (nSPS) is 10.2. The first-order chi connectivity index (χ1) is 11.3. The number of nitrogens with zero attached hydrogens (tertiary/aromatic N) is 1. The first kappa shape index (κ1) is 19.7. The third kappa shape index (κ3) is 6.84. The Bertz CT molecular complexity index is 609. The highest BCUT2D eigenvalue weighted by molar-refractivity contribution is 6.31. The number of hydrogen-bond donors (Lipinski definition) is 2. The largest absolute Gasteiger partial charge is 0.495 e. The van der Waals surface area contributed by atoms with E-state index in [0.717, 1.165) is 0 Å². The van der Waals surface area contributed by atoms with Gasteiger partial charge >= 0.3 is 6.09 Å². The third-order valence-electron chi connectivity index (χ3n) is 2.78. The van der Waals surface area contributed by atoms with Crippen LogP contribution < -0.4 is 15.4 Å². The van der Waals surface area contributed by atoms with Gasteiger partial charge in [-0.25, -0.2) is 4.79 Å². The van der Waals surface area contributed by atoms with Crippen molar-refractivity contribution in [2.45, 2.75) is 6.92 Å². The van der Waals surface area contributed by atoms with E-state index in [2.05, 4.69) is 10.1 Å². The molecule has 0 saturated heterocycles. The predicted octanol–water partition coefficient (Wildman–Crippen LogP) is 1.49. The van der Waals surface area contributed by atoms with Gasteiger partial charge in [0.05, 0.1) is 32.5 Å². The number of ether oxygens (including phenoxy) is 2. The summed E-state index contributed by atoms with van der Waals surface area (Å²) in [6, 6.07) is 4.84. The molecule has 0 saturated carbocycles. The van der Waals surface area contributed by atoms with Crippen molar-refractivity contribution in [3.8, 4) is 5.75 Å². The number of carbonyl (C=O) groups excluding carboxylic acids is 3. The number of rotatable bonds is 7. The highest BCUT2D eigenvalue weighted by Crippen LogP contribution is 2.27. The van der Waals surface area contributed by atoms with E-state index < -0.39 is 12.0 Å². The molecule has 0 aromatic heterocycles. The van der Waals surface area contributed by atoms with Crippen LogP contribution in [0.5, 0.6) is 5.75 Å². The first-order valence-electron chi connectivity index (χ1n) is 7.14. The molecular weight excluding hydrogens is 338 g/mol. The molecule has 0 heterocycles. The standard InChI is InChI=1S/C15H20ClN3O5/c1-4-24-15(22)18-14(21)9-19(2)8-13(20)17-11-7-10(16)5-6-12(11)23-3/h5-7H,4,8-9H2,1-3H3,(H,17,20)(H,18,21,22). The quantitative estimate of drug-likeness (QED) is 0.767. The predicted molar refractivity (Wildman–Crippen MR) is 89.3 cm³/mol. The maximum atomic E-state index is 12.0. The number of amides is 3. The van der Waals surface area contributed by atoms with E-state index in [0.29, 0.717) is 16.5 Å². The number of benzene rings is 1. The van der Waals surface area contributed by atoms with E-state index in [-0.39, 0.29) is 25.6 Å². The molecule has 0 unspecified atom stereocenters. The summed E-state index contributed by atoms with van der Waals surface area (Å²) < 4.78 is 9.73. The van der Waals surface area contributed by atoms with Gasteiger partial charge in [-0.1, -0.05) is 11.6 Å². The van der Waals surface area contributed by atoms with Gasteiger partial charge in [-0.05, 0) is 32.2 Å². The zero-order valence-electron chi connectivity index (χ0n) is 13.7. The Hall–Kier alpha value is -2.32. The number of carbonyl (C=O) groups is 3. The molecule has 132 valence electrons. The molecule has 1 aromatic rings. The molecule has 1 rings (SSSR count). The lowest BCUT2D eigenvalue weighted by Crippen LogP contribution is -2.41. The number of hydrogen-bond acceptors (Lipinski definition) is 6. The number of methoxy groups -OCH3 is 1. The summed E-state index contributed by atoms with van der Waals surface area (Å²) in [6.45, 7) is 1.59. The highest BCUT2D eigenvalue weighted by Gasteiger charge is 2.15. The minimum atomic E-state index is -0.816. The monoisotopic (exact) mass is 357 g/mol. The van der Waals surface area contributed by atoms with Crippen LogP contribution in [-0.2, 0) is 14.3 Å². The fourth-order valence-corrected chi connectivity index (χ4v) is 2.01. The first-order valence-corrected chi connectivity index (χ1v) is 7.52. The summed E-state index contributed by atoms with van der Waals surface area (Å²) in [6.07, 6.45) is -0.816. The van der Waals surface area contributed by atoms with Gasteiger partial charge in [-0.15, -0.1) is 0 Å². The van der Waals surface area contributed by atoms with Crippen molar-refractivity contribution in [2.75, 3.05) is 39.2 Å². The van der Waals surface area contributed by atoms with Crippen molar-refractivity contribution < 1.29 is 23.9 Å². The Morgan fingerprint density at radius 1 is 1.21 bits per heavy atom. The number of alkyl carbamates (subject to hydrolysis) is 1. The van der Waals surface area contributed by atoms with Gasteiger partial charge in [-0.3, -0.25) is 19.8 Å². The number of likely N-dealkylation sites (N-methyl/N-ethyl adjacent to an activating group) is 1. The van der Waals surface area contributed by atoms with Crippen LogP contribution in [0.2, 0.25) is 5.02 Å².